The predicted molar refractivity (Wildman–Crippen MR) is 68.3 cm³/mol. The molecule has 0 aliphatic heterocycles. The van der Waals surface area contributed by atoms with E-state index in [2.05, 4.69) is 0 Å². The van der Waals surface area contributed by atoms with Crippen molar-refractivity contribution in [3.8, 4) is 6.07 Å². The van der Waals surface area contributed by atoms with Gasteiger partial charge in [0.25, 0.3) is 0 Å². The summed E-state index contributed by atoms with van der Waals surface area (Å²) < 4.78 is 14.8. The van der Waals surface area contributed by atoms with Crippen LogP contribution in [0.5, 0.6) is 0 Å². The molecule has 0 bridgehead atoms. The maximum atomic E-state index is 13.2. The standard InChI is InChI=1S/C13H11FN2OS/c1-8-9(2)18-13(17)16(8)7-10-3-4-12(14)11(5-10)6-15/h3-5H,7H2,1-2H3. The number of nitriles is 1. The Morgan fingerprint density at radius 1 is 1.44 bits per heavy atom. The average Bonchev–Trinajstić information content (AvgIpc) is 2.58. The van der Waals surface area contributed by atoms with Crippen LogP contribution >= 0.6 is 11.3 Å². The molecule has 0 unspecified atom stereocenters. The highest BCUT2D eigenvalue weighted by molar-refractivity contribution is 7.09. The van der Waals surface area contributed by atoms with E-state index in [0.29, 0.717) is 6.54 Å². The molecule has 1 aromatic carbocycles. The fourth-order valence-electron chi connectivity index (χ4n) is 1.71. The molecule has 2 aromatic rings. The summed E-state index contributed by atoms with van der Waals surface area (Å²) in [5, 5.41) is 8.77. The zero-order chi connectivity index (χ0) is 13.3. The van der Waals surface area contributed by atoms with Crippen molar-refractivity contribution < 1.29 is 4.39 Å². The average molecular weight is 262 g/mol. The van der Waals surface area contributed by atoms with Gasteiger partial charge in [0.1, 0.15) is 11.9 Å². The minimum Gasteiger partial charge on any atom is -0.299 e. The van der Waals surface area contributed by atoms with Gasteiger partial charge in [-0.25, -0.2) is 4.39 Å². The van der Waals surface area contributed by atoms with E-state index in [0.717, 1.165) is 16.1 Å². The number of hydrogen-bond acceptors (Lipinski definition) is 3. The SMILES string of the molecule is Cc1sc(=O)n(Cc2ccc(F)c(C#N)c2)c1C. The first-order valence-corrected chi connectivity index (χ1v) is 6.20. The first-order chi connectivity index (χ1) is 8.52. The molecular formula is C13H11FN2OS. The second-order valence-corrected chi connectivity index (χ2v) is 5.19. The molecule has 0 atom stereocenters. The highest BCUT2D eigenvalue weighted by Gasteiger charge is 2.09. The number of hydrogen-bond donors (Lipinski definition) is 0. The Kier molecular flexibility index (Phi) is 3.30. The van der Waals surface area contributed by atoms with Gasteiger partial charge in [-0.1, -0.05) is 17.4 Å². The molecule has 0 amide bonds. The lowest BCUT2D eigenvalue weighted by atomic mass is 10.1. The fraction of sp³-hybridized carbons (Fsp3) is 0.231. The van der Waals surface area contributed by atoms with Crippen LogP contribution in [0.1, 0.15) is 21.7 Å². The molecule has 3 nitrogen and oxygen atoms in total. The van der Waals surface area contributed by atoms with Crippen molar-refractivity contribution in [3.63, 3.8) is 0 Å². The highest BCUT2D eigenvalue weighted by atomic mass is 32.1. The molecule has 92 valence electrons. The summed E-state index contributed by atoms with van der Waals surface area (Å²) in [6, 6.07) is 6.13. The topological polar surface area (TPSA) is 45.8 Å². The number of aromatic nitrogens is 1. The summed E-state index contributed by atoms with van der Waals surface area (Å²) in [5.41, 5.74) is 1.66. The molecule has 0 saturated heterocycles. The third-order valence-electron chi connectivity index (χ3n) is 2.87. The first kappa shape index (κ1) is 12.5. The Bertz CT molecular complexity index is 694. The fourth-order valence-corrected chi connectivity index (χ4v) is 2.54. The van der Waals surface area contributed by atoms with Gasteiger partial charge in [0.2, 0.25) is 0 Å². The van der Waals surface area contributed by atoms with E-state index < -0.39 is 5.82 Å². The quantitative estimate of drug-likeness (QED) is 0.835. The number of nitrogens with zero attached hydrogens (tertiary/aromatic N) is 2. The Hall–Kier alpha value is -1.93. The summed E-state index contributed by atoms with van der Waals surface area (Å²) in [4.78, 5) is 12.7. The van der Waals surface area contributed by atoms with Crippen LogP contribution < -0.4 is 4.87 Å². The molecule has 0 aliphatic rings. The van der Waals surface area contributed by atoms with Crippen LogP contribution in [-0.4, -0.2) is 4.57 Å². The highest BCUT2D eigenvalue weighted by Crippen LogP contribution is 2.14. The smallest absolute Gasteiger partial charge is 0.299 e. The monoisotopic (exact) mass is 262 g/mol. The molecule has 0 N–H and O–H groups in total. The van der Waals surface area contributed by atoms with Crippen molar-refractivity contribution in [3.05, 3.63) is 55.4 Å². The molecule has 0 saturated carbocycles. The number of thiazole rings is 1. The molecule has 5 heteroatoms. The normalized spacial score (nSPS) is 10.3. The minimum absolute atomic E-state index is 0.00477. The van der Waals surface area contributed by atoms with Gasteiger partial charge in [-0.3, -0.25) is 9.36 Å². The lowest BCUT2D eigenvalue weighted by molar-refractivity contribution is 0.622. The van der Waals surface area contributed by atoms with Crippen LogP contribution in [0.15, 0.2) is 23.0 Å². The van der Waals surface area contributed by atoms with Gasteiger partial charge in [-0.15, -0.1) is 0 Å². The zero-order valence-electron chi connectivity index (χ0n) is 10.0. The summed E-state index contributed by atoms with van der Waals surface area (Å²) >= 11 is 1.20. The van der Waals surface area contributed by atoms with Crippen LogP contribution in [-0.2, 0) is 6.54 Å². The molecule has 18 heavy (non-hydrogen) atoms. The minimum atomic E-state index is -0.535. The van der Waals surface area contributed by atoms with Crippen molar-refractivity contribution >= 4 is 11.3 Å². The van der Waals surface area contributed by atoms with Crippen LogP contribution in [0.2, 0.25) is 0 Å². The van der Waals surface area contributed by atoms with Gasteiger partial charge >= 0.3 is 4.87 Å². The Morgan fingerprint density at radius 2 is 2.17 bits per heavy atom. The molecule has 0 spiro atoms. The zero-order valence-corrected chi connectivity index (χ0v) is 10.8. The first-order valence-electron chi connectivity index (χ1n) is 5.38. The molecule has 0 aliphatic carbocycles. The van der Waals surface area contributed by atoms with Gasteiger partial charge in [-0.05, 0) is 31.5 Å². The van der Waals surface area contributed by atoms with Crippen molar-refractivity contribution in [1.29, 1.82) is 5.26 Å². The largest absolute Gasteiger partial charge is 0.307 e. The summed E-state index contributed by atoms with van der Waals surface area (Å²) in [6.45, 7) is 4.13. The molecule has 1 aromatic heterocycles. The number of rotatable bonds is 2. The predicted octanol–water partition coefficient (Wildman–Crippen LogP) is 2.59. The number of benzene rings is 1. The van der Waals surface area contributed by atoms with Gasteiger partial charge in [-0.2, -0.15) is 5.26 Å². The van der Waals surface area contributed by atoms with Gasteiger partial charge in [0.05, 0.1) is 12.1 Å². The second-order valence-electron chi connectivity index (χ2n) is 4.02. The molecule has 0 radical (unpaired) electrons. The summed E-state index contributed by atoms with van der Waals surface area (Å²) in [7, 11) is 0. The maximum Gasteiger partial charge on any atom is 0.307 e. The van der Waals surface area contributed by atoms with Gasteiger partial charge in [0.15, 0.2) is 0 Å². The molecular weight excluding hydrogens is 251 g/mol. The molecule has 0 fully saturated rings. The third-order valence-corrected chi connectivity index (χ3v) is 3.86. The van der Waals surface area contributed by atoms with E-state index in [1.165, 1.54) is 23.5 Å². The van der Waals surface area contributed by atoms with E-state index in [9.17, 15) is 9.18 Å². The van der Waals surface area contributed by atoms with Crippen LogP contribution in [0, 0.1) is 31.0 Å². The Labute approximate surface area is 108 Å². The summed E-state index contributed by atoms with van der Waals surface area (Å²) in [6.07, 6.45) is 0. The van der Waals surface area contributed by atoms with E-state index in [1.807, 2.05) is 13.8 Å². The molecule has 1 heterocycles. The van der Waals surface area contributed by atoms with E-state index in [4.69, 9.17) is 5.26 Å². The second kappa shape index (κ2) is 4.75. The Morgan fingerprint density at radius 3 is 2.72 bits per heavy atom. The number of halogens is 1. The van der Waals surface area contributed by atoms with Crippen molar-refractivity contribution in [2.24, 2.45) is 0 Å². The van der Waals surface area contributed by atoms with Crippen LogP contribution in [0.3, 0.4) is 0 Å². The lowest BCUT2D eigenvalue weighted by Crippen LogP contribution is -2.15. The molecule has 2 rings (SSSR count). The lowest BCUT2D eigenvalue weighted by Gasteiger charge is -2.06. The van der Waals surface area contributed by atoms with Crippen molar-refractivity contribution in [2.75, 3.05) is 0 Å². The van der Waals surface area contributed by atoms with Gasteiger partial charge in [0, 0.05) is 10.6 Å². The van der Waals surface area contributed by atoms with Crippen molar-refractivity contribution in [2.45, 2.75) is 20.4 Å². The van der Waals surface area contributed by atoms with Crippen LogP contribution in [0.25, 0.3) is 0 Å². The maximum absolute atomic E-state index is 13.2. The van der Waals surface area contributed by atoms with Gasteiger partial charge < -0.3 is 0 Å². The van der Waals surface area contributed by atoms with E-state index in [-0.39, 0.29) is 10.4 Å². The van der Waals surface area contributed by atoms with Crippen LogP contribution in [0.4, 0.5) is 4.39 Å². The number of aryl methyl sites for hydroxylation is 1. The van der Waals surface area contributed by atoms with Crippen molar-refractivity contribution in [1.82, 2.24) is 4.57 Å². The van der Waals surface area contributed by atoms with E-state index >= 15 is 0 Å². The summed E-state index contributed by atoms with van der Waals surface area (Å²) in [5.74, 6) is -0.535. The third kappa shape index (κ3) is 2.20. The van der Waals surface area contributed by atoms with E-state index in [1.54, 1.807) is 16.7 Å². The Balaban J connectivity index is 2.41.